The van der Waals surface area contributed by atoms with Crippen LogP contribution in [0.2, 0.25) is 0 Å². The van der Waals surface area contributed by atoms with Gasteiger partial charge in [-0.2, -0.15) is 5.26 Å². The van der Waals surface area contributed by atoms with Crippen molar-refractivity contribution in [1.82, 2.24) is 19.2 Å². The van der Waals surface area contributed by atoms with Crippen LogP contribution in [-0.2, 0) is 0 Å². The lowest BCUT2D eigenvalue weighted by Crippen LogP contribution is -2.22. The van der Waals surface area contributed by atoms with Crippen LogP contribution >= 0.6 is 11.8 Å². The Balaban J connectivity index is 2.16. The number of hydrogen-bond donors (Lipinski definition) is 0. The number of aromatic nitrogens is 4. The highest BCUT2D eigenvalue weighted by Gasteiger charge is 2.18. The fourth-order valence-electron chi connectivity index (χ4n) is 3.14. The van der Waals surface area contributed by atoms with E-state index >= 15 is 0 Å². The number of hydrogen-bond acceptors (Lipinski definition) is 5. The zero-order valence-electron chi connectivity index (χ0n) is 14.3. The average Bonchev–Trinajstić information content (AvgIpc) is 3.05. The first-order chi connectivity index (χ1) is 12.6. The third-order valence-corrected chi connectivity index (χ3v) is 5.05. The molecule has 26 heavy (non-hydrogen) atoms. The maximum Gasteiger partial charge on any atom is 0.267 e. The lowest BCUT2D eigenvalue weighted by atomic mass is 10.1. The summed E-state index contributed by atoms with van der Waals surface area (Å²) in [7, 11) is 0. The van der Waals surface area contributed by atoms with Crippen LogP contribution in [0.3, 0.4) is 0 Å². The maximum absolute atomic E-state index is 13.2. The number of thioether (sulfide) groups is 1. The Hall–Kier alpha value is -3.11. The highest BCUT2D eigenvalue weighted by atomic mass is 32.2. The first-order valence-corrected chi connectivity index (χ1v) is 9.06. The average molecular weight is 361 g/mol. The van der Waals surface area contributed by atoms with Crippen LogP contribution in [-0.4, -0.2) is 24.9 Å². The molecule has 0 atom stereocenters. The molecule has 0 aliphatic heterocycles. The Morgan fingerprint density at radius 2 is 1.96 bits per heavy atom. The van der Waals surface area contributed by atoms with E-state index in [1.807, 2.05) is 54.6 Å². The molecule has 2 aromatic heterocycles. The SMILES string of the molecule is Cc1ccc(-n2c(=O)c3ccccc3n3c(SCC#N)nnc23)c(C)c1. The van der Waals surface area contributed by atoms with Gasteiger partial charge in [0.25, 0.3) is 5.56 Å². The van der Waals surface area contributed by atoms with Crippen molar-refractivity contribution >= 4 is 28.4 Å². The van der Waals surface area contributed by atoms with E-state index in [1.165, 1.54) is 11.8 Å². The van der Waals surface area contributed by atoms with Gasteiger partial charge in [-0.3, -0.25) is 9.20 Å². The zero-order valence-corrected chi connectivity index (χ0v) is 15.1. The minimum absolute atomic E-state index is 0.135. The summed E-state index contributed by atoms with van der Waals surface area (Å²) in [5.74, 6) is 0.707. The molecule has 0 saturated carbocycles. The predicted molar refractivity (Wildman–Crippen MR) is 102 cm³/mol. The van der Waals surface area contributed by atoms with E-state index in [2.05, 4.69) is 16.3 Å². The molecule has 0 spiro atoms. The van der Waals surface area contributed by atoms with Gasteiger partial charge in [-0.15, -0.1) is 10.2 Å². The van der Waals surface area contributed by atoms with E-state index in [-0.39, 0.29) is 11.3 Å². The van der Waals surface area contributed by atoms with Crippen molar-refractivity contribution in [3.05, 3.63) is 63.9 Å². The highest BCUT2D eigenvalue weighted by molar-refractivity contribution is 7.99. The van der Waals surface area contributed by atoms with E-state index in [4.69, 9.17) is 5.26 Å². The topological polar surface area (TPSA) is 76.0 Å². The summed E-state index contributed by atoms with van der Waals surface area (Å²) in [6.07, 6.45) is 0. The number of fused-ring (bicyclic) bond motifs is 3. The zero-order chi connectivity index (χ0) is 18.3. The van der Waals surface area contributed by atoms with Gasteiger partial charge in [0.05, 0.1) is 28.4 Å². The summed E-state index contributed by atoms with van der Waals surface area (Å²) in [5, 5.41) is 18.6. The van der Waals surface area contributed by atoms with Crippen molar-refractivity contribution in [2.75, 3.05) is 5.75 Å². The van der Waals surface area contributed by atoms with Crippen molar-refractivity contribution in [1.29, 1.82) is 5.26 Å². The standard InChI is InChI=1S/C19H15N5OS/c1-12-7-8-15(13(2)11-12)23-17(25)14-5-3-4-6-16(14)24-18(23)21-22-19(24)26-10-9-20/h3-8,11H,10H2,1-2H3. The summed E-state index contributed by atoms with van der Waals surface area (Å²) in [6.45, 7) is 3.99. The Bertz CT molecular complexity index is 1250. The van der Waals surface area contributed by atoms with Crippen LogP contribution in [0.4, 0.5) is 0 Å². The van der Waals surface area contributed by atoms with Crippen LogP contribution in [0.15, 0.2) is 52.4 Å². The van der Waals surface area contributed by atoms with Gasteiger partial charge >= 0.3 is 0 Å². The molecule has 0 aliphatic rings. The van der Waals surface area contributed by atoms with Crippen LogP contribution in [0.5, 0.6) is 0 Å². The molecule has 0 fully saturated rings. The third kappa shape index (κ3) is 2.47. The summed E-state index contributed by atoms with van der Waals surface area (Å²) < 4.78 is 3.44. The molecule has 6 nitrogen and oxygen atoms in total. The van der Waals surface area contributed by atoms with Crippen molar-refractivity contribution in [2.45, 2.75) is 19.0 Å². The van der Waals surface area contributed by atoms with Gasteiger partial charge in [0.2, 0.25) is 5.78 Å². The molecule has 128 valence electrons. The molecule has 2 aromatic carbocycles. The monoisotopic (exact) mass is 361 g/mol. The molecule has 4 rings (SSSR count). The van der Waals surface area contributed by atoms with E-state index < -0.39 is 0 Å². The molecule has 0 N–H and O–H groups in total. The van der Waals surface area contributed by atoms with E-state index in [9.17, 15) is 4.79 Å². The third-order valence-electron chi connectivity index (χ3n) is 4.25. The Morgan fingerprint density at radius 1 is 1.15 bits per heavy atom. The van der Waals surface area contributed by atoms with Gasteiger partial charge in [0, 0.05) is 0 Å². The number of aryl methyl sites for hydroxylation is 2. The first kappa shape index (κ1) is 16.4. The van der Waals surface area contributed by atoms with Crippen molar-refractivity contribution in [2.24, 2.45) is 0 Å². The van der Waals surface area contributed by atoms with E-state index in [0.717, 1.165) is 22.3 Å². The molecule has 7 heteroatoms. The molecule has 0 aliphatic carbocycles. The molecule has 0 unspecified atom stereocenters. The largest absolute Gasteiger partial charge is 0.268 e. The van der Waals surface area contributed by atoms with Gasteiger partial charge in [-0.05, 0) is 37.6 Å². The number of rotatable bonds is 3. The van der Waals surface area contributed by atoms with Gasteiger partial charge in [0.15, 0.2) is 5.16 Å². The van der Waals surface area contributed by atoms with Crippen LogP contribution in [0.1, 0.15) is 11.1 Å². The fourth-order valence-corrected chi connectivity index (χ4v) is 3.74. The van der Waals surface area contributed by atoms with Crippen LogP contribution in [0.25, 0.3) is 22.4 Å². The molecule has 0 radical (unpaired) electrons. The van der Waals surface area contributed by atoms with Gasteiger partial charge in [0.1, 0.15) is 0 Å². The van der Waals surface area contributed by atoms with Gasteiger partial charge in [-0.25, -0.2) is 4.57 Å². The predicted octanol–water partition coefficient (Wildman–Crippen LogP) is 3.27. The molecule has 0 saturated heterocycles. The van der Waals surface area contributed by atoms with Gasteiger partial charge < -0.3 is 0 Å². The molecule has 0 amide bonds. The van der Waals surface area contributed by atoms with E-state index in [1.54, 1.807) is 10.6 Å². The smallest absolute Gasteiger partial charge is 0.267 e. The maximum atomic E-state index is 13.2. The number of benzene rings is 2. The van der Waals surface area contributed by atoms with Crippen molar-refractivity contribution in [3.63, 3.8) is 0 Å². The Morgan fingerprint density at radius 3 is 2.73 bits per heavy atom. The molecular weight excluding hydrogens is 346 g/mol. The second-order valence-corrected chi connectivity index (χ2v) is 6.95. The van der Waals surface area contributed by atoms with Gasteiger partial charge in [-0.1, -0.05) is 41.6 Å². The second kappa shape index (κ2) is 6.32. The normalized spacial score (nSPS) is 11.1. The number of nitrogens with zero attached hydrogens (tertiary/aromatic N) is 5. The quantitative estimate of drug-likeness (QED) is 0.524. The summed E-state index contributed by atoms with van der Waals surface area (Å²) >= 11 is 1.30. The molecule has 4 aromatic rings. The summed E-state index contributed by atoms with van der Waals surface area (Å²) in [4.78, 5) is 13.2. The van der Waals surface area contributed by atoms with Crippen LogP contribution in [0, 0.1) is 25.2 Å². The summed E-state index contributed by atoms with van der Waals surface area (Å²) in [6, 6.07) is 15.4. The van der Waals surface area contributed by atoms with Crippen LogP contribution < -0.4 is 5.56 Å². The fraction of sp³-hybridized carbons (Fsp3) is 0.158. The number of para-hydroxylation sites is 1. The first-order valence-electron chi connectivity index (χ1n) is 8.08. The summed E-state index contributed by atoms with van der Waals surface area (Å²) in [5.41, 5.74) is 3.49. The number of nitriles is 1. The Labute approximate surface area is 153 Å². The molecule has 0 bridgehead atoms. The molecular formula is C19H15N5OS. The second-order valence-electron chi connectivity index (χ2n) is 6.01. The van der Waals surface area contributed by atoms with Crippen molar-refractivity contribution < 1.29 is 0 Å². The Kier molecular flexibility index (Phi) is 3.98. The highest BCUT2D eigenvalue weighted by Crippen LogP contribution is 2.24. The van der Waals surface area contributed by atoms with E-state index in [0.29, 0.717) is 16.3 Å². The lowest BCUT2D eigenvalue weighted by molar-refractivity contribution is 0.929. The minimum atomic E-state index is -0.135. The lowest BCUT2D eigenvalue weighted by Gasteiger charge is -2.13. The van der Waals surface area contributed by atoms with Crippen molar-refractivity contribution in [3.8, 4) is 11.8 Å². The minimum Gasteiger partial charge on any atom is -0.268 e. The molecule has 2 heterocycles.